The third-order valence-electron chi connectivity index (χ3n) is 4.30. The molecule has 1 saturated heterocycles. The van der Waals surface area contributed by atoms with Crippen LogP contribution in [0.15, 0.2) is 22.7 Å². The van der Waals surface area contributed by atoms with E-state index in [1.165, 1.54) is 12.1 Å². The molecule has 0 aromatic heterocycles. The van der Waals surface area contributed by atoms with Gasteiger partial charge < -0.3 is 10.1 Å². The molecule has 0 saturated carbocycles. The first kappa shape index (κ1) is 22.5. The standard InChI is InChI=1S/C17H24BrF3N2O.ClH/c1-3-4-12(2)16(23-7-5-22-6-8-23)13-9-14(18)11-15(10-13)24-17(19,20)21;/h9-12,16,22H,3-8H2,1-2H3;1H/t12?,16-;/m1./s1. The molecular weight excluding hydrogens is 421 g/mol. The Morgan fingerprint density at radius 1 is 1.24 bits per heavy atom. The fourth-order valence-electron chi connectivity index (χ4n) is 3.42. The first-order chi connectivity index (χ1) is 11.3. The van der Waals surface area contributed by atoms with E-state index in [0.717, 1.165) is 44.6 Å². The van der Waals surface area contributed by atoms with Crippen LogP contribution in [0, 0.1) is 5.92 Å². The summed E-state index contributed by atoms with van der Waals surface area (Å²) >= 11 is 3.32. The summed E-state index contributed by atoms with van der Waals surface area (Å²) in [5.41, 5.74) is 0.867. The Labute approximate surface area is 161 Å². The molecule has 1 aromatic carbocycles. The Morgan fingerprint density at radius 3 is 2.44 bits per heavy atom. The van der Waals surface area contributed by atoms with Crippen LogP contribution in [0.25, 0.3) is 0 Å². The number of hydrogen-bond donors (Lipinski definition) is 1. The fourth-order valence-corrected chi connectivity index (χ4v) is 3.91. The van der Waals surface area contributed by atoms with Crippen molar-refractivity contribution in [3.8, 4) is 5.75 Å². The molecule has 0 bridgehead atoms. The van der Waals surface area contributed by atoms with E-state index in [0.29, 0.717) is 10.4 Å². The zero-order valence-electron chi connectivity index (χ0n) is 14.4. The minimum Gasteiger partial charge on any atom is -0.406 e. The van der Waals surface area contributed by atoms with E-state index < -0.39 is 6.36 Å². The van der Waals surface area contributed by atoms with Gasteiger partial charge in [-0.1, -0.05) is 36.2 Å². The number of piperazine rings is 1. The van der Waals surface area contributed by atoms with Gasteiger partial charge in [0.1, 0.15) is 5.75 Å². The Hall–Kier alpha value is -0.500. The Balaban J connectivity index is 0.00000312. The van der Waals surface area contributed by atoms with Crippen LogP contribution in [-0.4, -0.2) is 37.4 Å². The Morgan fingerprint density at radius 2 is 1.88 bits per heavy atom. The normalized spacial score (nSPS) is 18.3. The number of hydrogen-bond acceptors (Lipinski definition) is 3. The van der Waals surface area contributed by atoms with E-state index in [9.17, 15) is 13.2 Å². The molecule has 1 fully saturated rings. The monoisotopic (exact) mass is 444 g/mol. The lowest BCUT2D eigenvalue weighted by atomic mass is 9.89. The SMILES string of the molecule is CCCC(C)[C@H](c1cc(Br)cc(OC(F)(F)F)c1)N1CCNCC1.Cl. The second-order valence-corrected chi connectivity index (χ2v) is 7.18. The summed E-state index contributed by atoms with van der Waals surface area (Å²) in [5.74, 6) is 0.178. The van der Waals surface area contributed by atoms with Gasteiger partial charge >= 0.3 is 6.36 Å². The van der Waals surface area contributed by atoms with Gasteiger partial charge in [0.2, 0.25) is 0 Å². The highest BCUT2D eigenvalue weighted by atomic mass is 79.9. The number of nitrogens with zero attached hydrogens (tertiary/aromatic N) is 1. The maximum Gasteiger partial charge on any atom is 0.573 e. The molecule has 0 aliphatic carbocycles. The largest absolute Gasteiger partial charge is 0.573 e. The van der Waals surface area contributed by atoms with Gasteiger partial charge in [-0.15, -0.1) is 25.6 Å². The predicted molar refractivity (Wildman–Crippen MR) is 99.3 cm³/mol. The average molecular weight is 446 g/mol. The zero-order chi connectivity index (χ0) is 17.7. The van der Waals surface area contributed by atoms with Crippen LogP contribution >= 0.6 is 28.3 Å². The van der Waals surface area contributed by atoms with Crippen LogP contribution in [0.1, 0.15) is 38.3 Å². The van der Waals surface area contributed by atoms with E-state index in [1.807, 2.05) is 6.07 Å². The minimum absolute atomic E-state index is 0. The fraction of sp³-hybridized carbons (Fsp3) is 0.647. The van der Waals surface area contributed by atoms with Crippen LogP contribution in [0.3, 0.4) is 0 Å². The molecule has 3 nitrogen and oxygen atoms in total. The maximum absolute atomic E-state index is 12.6. The second kappa shape index (κ2) is 10.00. The van der Waals surface area contributed by atoms with E-state index in [-0.39, 0.29) is 24.2 Å². The zero-order valence-corrected chi connectivity index (χ0v) is 16.8. The van der Waals surface area contributed by atoms with Crippen molar-refractivity contribution < 1.29 is 17.9 Å². The molecule has 0 radical (unpaired) electrons. The molecule has 144 valence electrons. The van der Waals surface area contributed by atoms with Gasteiger partial charge in [0.05, 0.1) is 0 Å². The summed E-state index contributed by atoms with van der Waals surface area (Å²) in [6, 6.07) is 4.87. The number of ether oxygens (including phenoxy) is 1. The van der Waals surface area contributed by atoms with Gasteiger partial charge in [0.25, 0.3) is 0 Å². The van der Waals surface area contributed by atoms with E-state index in [2.05, 4.69) is 44.7 Å². The molecule has 8 heteroatoms. The predicted octanol–water partition coefficient (Wildman–Crippen LogP) is 5.15. The van der Waals surface area contributed by atoms with Gasteiger partial charge in [-0.3, -0.25) is 4.90 Å². The molecule has 0 amide bonds. The van der Waals surface area contributed by atoms with Gasteiger partial charge in [0, 0.05) is 36.7 Å². The molecule has 1 aliphatic rings. The maximum atomic E-state index is 12.6. The molecule has 1 heterocycles. The molecular formula is C17H25BrClF3N2O. The summed E-state index contributed by atoms with van der Waals surface area (Å²) < 4.78 is 42.5. The van der Waals surface area contributed by atoms with Gasteiger partial charge in [-0.25, -0.2) is 0 Å². The highest BCUT2D eigenvalue weighted by Crippen LogP contribution is 2.36. The highest BCUT2D eigenvalue weighted by Gasteiger charge is 2.32. The Kier molecular flexibility index (Phi) is 9.01. The van der Waals surface area contributed by atoms with Crippen molar-refractivity contribution in [3.05, 3.63) is 28.2 Å². The first-order valence-corrected chi connectivity index (χ1v) is 9.10. The first-order valence-electron chi connectivity index (χ1n) is 8.31. The molecule has 1 N–H and O–H groups in total. The van der Waals surface area contributed by atoms with Crippen molar-refractivity contribution in [1.82, 2.24) is 10.2 Å². The number of benzene rings is 1. The second-order valence-electron chi connectivity index (χ2n) is 6.26. The van der Waals surface area contributed by atoms with Crippen LogP contribution in [0.4, 0.5) is 13.2 Å². The third-order valence-corrected chi connectivity index (χ3v) is 4.75. The van der Waals surface area contributed by atoms with Crippen LogP contribution in [-0.2, 0) is 0 Å². The summed E-state index contributed by atoms with van der Waals surface area (Å²) in [4.78, 5) is 2.36. The van der Waals surface area contributed by atoms with Crippen molar-refractivity contribution in [2.24, 2.45) is 5.92 Å². The van der Waals surface area contributed by atoms with Crippen LogP contribution in [0.2, 0.25) is 0 Å². The highest BCUT2D eigenvalue weighted by molar-refractivity contribution is 9.10. The molecule has 2 rings (SSSR count). The number of alkyl halides is 3. The number of rotatable bonds is 6. The van der Waals surface area contributed by atoms with Gasteiger partial charge in [-0.05, 0) is 36.1 Å². The molecule has 1 unspecified atom stereocenters. The number of nitrogens with one attached hydrogen (secondary N) is 1. The van der Waals surface area contributed by atoms with Crippen molar-refractivity contribution in [2.75, 3.05) is 26.2 Å². The summed E-state index contributed by atoms with van der Waals surface area (Å²) in [6.45, 7) is 7.87. The van der Waals surface area contributed by atoms with Gasteiger partial charge in [-0.2, -0.15) is 0 Å². The van der Waals surface area contributed by atoms with E-state index in [4.69, 9.17) is 0 Å². The number of halogens is 5. The lowest BCUT2D eigenvalue weighted by molar-refractivity contribution is -0.274. The Bertz CT molecular complexity index is 539. The molecule has 1 aromatic rings. The molecule has 0 spiro atoms. The molecule has 25 heavy (non-hydrogen) atoms. The quantitative estimate of drug-likeness (QED) is 0.655. The third kappa shape index (κ3) is 6.96. The summed E-state index contributed by atoms with van der Waals surface area (Å²) in [5, 5.41) is 3.32. The van der Waals surface area contributed by atoms with Crippen LogP contribution < -0.4 is 10.1 Å². The van der Waals surface area contributed by atoms with Crippen molar-refractivity contribution in [2.45, 2.75) is 39.1 Å². The minimum atomic E-state index is -4.68. The van der Waals surface area contributed by atoms with Gasteiger partial charge in [0.15, 0.2) is 0 Å². The summed E-state index contributed by atoms with van der Waals surface area (Å²) in [6.07, 6.45) is -2.61. The van der Waals surface area contributed by atoms with Crippen molar-refractivity contribution in [1.29, 1.82) is 0 Å². The molecule has 2 atom stereocenters. The average Bonchev–Trinajstić information content (AvgIpc) is 2.46. The van der Waals surface area contributed by atoms with Crippen molar-refractivity contribution in [3.63, 3.8) is 0 Å². The van der Waals surface area contributed by atoms with E-state index in [1.54, 1.807) is 0 Å². The topological polar surface area (TPSA) is 24.5 Å². The lowest BCUT2D eigenvalue weighted by Crippen LogP contribution is -2.46. The summed E-state index contributed by atoms with van der Waals surface area (Å²) in [7, 11) is 0. The lowest BCUT2D eigenvalue weighted by Gasteiger charge is -2.39. The van der Waals surface area contributed by atoms with Crippen LogP contribution in [0.5, 0.6) is 5.75 Å². The molecule has 1 aliphatic heterocycles. The smallest absolute Gasteiger partial charge is 0.406 e. The van der Waals surface area contributed by atoms with Crippen molar-refractivity contribution >= 4 is 28.3 Å². The van der Waals surface area contributed by atoms with E-state index >= 15 is 0 Å².